The maximum Gasteiger partial charge on any atom is 0.408 e. The number of benzene rings is 5. The van der Waals surface area contributed by atoms with E-state index in [1.807, 2.05) is 30.3 Å². The summed E-state index contributed by atoms with van der Waals surface area (Å²) in [5.74, 6) is -18.1. The third-order valence-corrected chi connectivity index (χ3v) is 10.5. The van der Waals surface area contributed by atoms with Crippen molar-refractivity contribution in [3.63, 3.8) is 0 Å². The first-order valence-electron chi connectivity index (χ1n) is 22.3. The van der Waals surface area contributed by atoms with Crippen molar-refractivity contribution in [3.05, 3.63) is 149 Å². The van der Waals surface area contributed by atoms with Crippen LogP contribution in [-0.4, -0.2) is 89.1 Å². The molecule has 3 amide bonds. The molecular weight excluding hydrogens is 968 g/mol. The first kappa shape index (κ1) is 54.0. The third kappa shape index (κ3) is 14.4. The molecule has 21 heteroatoms. The van der Waals surface area contributed by atoms with Crippen LogP contribution < -0.4 is 29.6 Å². The van der Waals surface area contributed by atoms with Crippen molar-refractivity contribution in [1.82, 2.24) is 20.7 Å². The van der Waals surface area contributed by atoms with Gasteiger partial charge in [0.15, 0.2) is 6.04 Å². The Kier molecular flexibility index (Phi) is 17.9. The number of fused-ring (bicyclic) bond motifs is 1. The molecule has 6 rings (SSSR count). The highest BCUT2D eigenvalue weighted by Gasteiger charge is 2.36. The normalized spacial score (nSPS) is 12.5. The molecule has 0 spiro atoms. The van der Waals surface area contributed by atoms with E-state index in [-0.39, 0.29) is 30.9 Å². The van der Waals surface area contributed by atoms with Gasteiger partial charge in [-0.3, -0.25) is 14.4 Å². The summed E-state index contributed by atoms with van der Waals surface area (Å²) in [4.78, 5) is 76.9. The van der Waals surface area contributed by atoms with Crippen molar-refractivity contribution in [2.24, 2.45) is 0 Å². The van der Waals surface area contributed by atoms with Gasteiger partial charge in [-0.15, -0.1) is 0 Å². The Labute approximate surface area is 414 Å². The summed E-state index contributed by atoms with van der Waals surface area (Å²) in [7, 11) is 1.52. The highest BCUT2D eigenvalue weighted by molar-refractivity contribution is 5.90. The van der Waals surface area contributed by atoms with E-state index in [4.69, 9.17) is 28.8 Å². The van der Waals surface area contributed by atoms with E-state index in [0.29, 0.717) is 33.7 Å². The van der Waals surface area contributed by atoms with Gasteiger partial charge in [-0.1, -0.05) is 72.8 Å². The molecule has 16 nitrogen and oxygen atoms in total. The van der Waals surface area contributed by atoms with Crippen molar-refractivity contribution in [1.29, 1.82) is 0 Å². The molecule has 0 aliphatic carbocycles. The monoisotopic (exact) mass is 1020 g/mol. The van der Waals surface area contributed by atoms with Crippen LogP contribution in [0.4, 0.5) is 26.7 Å². The van der Waals surface area contributed by atoms with Gasteiger partial charge in [-0.2, -0.15) is 8.78 Å². The number of carbonyl (C=O) groups is 5. The maximum atomic E-state index is 14.6. The number of ether oxygens (including phenoxy) is 5. The fourth-order valence-electron chi connectivity index (χ4n) is 7.02. The molecule has 6 aromatic rings. The zero-order chi connectivity index (χ0) is 53.0. The number of carbonyl (C=O) groups excluding carboxylic acids is 4. The quantitative estimate of drug-likeness (QED) is 0.0155. The molecule has 3 N–H and O–H groups in total. The molecule has 0 unspecified atom stereocenters. The number of carboxylic acids is 1. The molecule has 0 saturated heterocycles. The number of aromatic nitrogens is 1. The number of hydroxylamine groups is 2. The van der Waals surface area contributed by atoms with Crippen molar-refractivity contribution in [3.8, 4) is 34.3 Å². The third-order valence-electron chi connectivity index (χ3n) is 10.5. The van der Waals surface area contributed by atoms with E-state index in [1.165, 1.54) is 38.3 Å². The van der Waals surface area contributed by atoms with Crippen LogP contribution in [0.1, 0.15) is 45.2 Å². The molecule has 3 atom stereocenters. The van der Waals surface area contributed by atoms with Crippen molar-refractivity contribution >= 4 is 40.7 Å². The molecule has 0 radical (unpaired) electrons. The van der Waals surface area contributed by atoms with Crippen molar-refractivity contribution in [2.45, 2.75) is 70.9 Å². The highest BCUT2D eigenvalue weighted by atomic mass is 19.2. The lowest BCUT2D eigenvalue weighted by atomic mass is 10.1. The van der Waals surface area contributed by atoms with Crippen LogP contribution in [0.3, 0.4) is 0 Å². The number of halogens is 5. The van der Waals surface area contributed by atoms with Crippen LogP contribution in [0.15, 0.2) is 109 Å². The molecule has 0 aliphatic heterocycles. The molecule has 0 fully saturated rings. The van der Waals surface area contributed by atoms with E-state index >= 15 is 0 Å². The number of nitrogens with one attached hydrogen (secondary N) is 2. The van der Waals surface area contributed by atoms with Gasteiger partial charge in [0.2, 0.25) is 46.6 Å². The van der Waals surface area contributed by atoms with Crippen LogP contribution in [0, 0.1) is 29.1 Å². The highest BCUT2D eigenvalue weighted by Crippen LogP contribution is 2.33. The number of aliphatic carboxylic acids is 1. The number of hydrogen-bond acceptors (Lipinski definition) is 12. The predicted octanol–water partition coefficient (Wildman–Crippen LogP) is 8.41. The van der Waals surface area contributed by atoms with Gasteiger partial charge in [-0.05, 0) is 56.2 Å². The lowest BCUT2D eigenvalue weighted by Gasteiger charge is -2.34. The second-order valence-corrected chi connectivity index (χ2v) is 17.1. The Morgan fingerprint density at radius 1 is 0.726 bits per heavy atom. The van der Waals surface area contributed by atoms with Crippen molar-refractivity contribution < 1.29 is 79.6 Å². The van der Waals surface area contributed by atoms with Crippen LogP contribution in [0.2, 0.25) is 0 Å². The summed E-state index contributed by atoms with van der Waals surface area (Å²) < 4.78 is 98.2. The summed E-state index contributed by atoms with van der Waals surface area (Å²) in [6.07, 6.45) is -2.01. The Morgan fingerprint density at radius 3 is 2.00 bits per heavy atom. The Bertz CT molecular complexity index is 2930. The number of pyridine rings is 1. The van der Waals surface area contributed by atoms with Gasteiger partial charge in [0.25, 0.3) is 0 Å². The second-order valence-electron chi connectivity index (χ2n) is 17.1. The van der Waals surface area contributed by atoms with Gasteiger partial charge in [-0.25, -0.2) is 37.6 Å². The summed E-state index contributed by atoms with van der Waals surface area (Å²) in [5.41, 5.74) is 1.57. The number of nitrogens with zero attached hydrogens (tertiary/aromatic N) is 2. The molecule has 73 heavy (non-hydrogen) atoms. The number of carboxylic acid groups (broad SMARTS) is 1. The second kappa shape index (κ2) is 24.2. The zero-order valence-corrected chi connectivity index (χ0v) is 39.9. The lowest BCUT2D eigenvalue weighted by molar-refractivity contribution is -0.240. The van der Waals surface area contributed by atoms with Gasteiger partial charge >= 0.3 is 18.0 Å². The fourth-order valence-corrected chi connectivity index (χ4v) is 7.02. The zero-order valence-electron chi connectivity index (χ0n) is 39.9. The topological polar surface area (TPSA) is 201 Å². The summed E-state index contributed by atoms with van der Waals surface area (Å²) >= 11 is 0. The molecule has 5 aromatic carbocycles. The average molecular weight is 1020 g/mol. The number of amides is 3. The van der Waals surface area contributed by atoms with E-state index in [9.17, 15) is 51.0 Å². The minimum Gasteiger partial charge on any atom is -0.497 e. The van der Waals surface area contributed by atoms with Crippen molar-refractivity contribution in [2.75, 3.05) is 20.3 Å². The Hall–Kier alpha value is -8.33. The van der Waals surface area contributed by atoms with E-state index in [2.05, 4.69) is 15.4 Å². The summed E-state index contributed by atoms with van der Waals surface area (Å²) in [6, 6.07) is 24.8. The first-order valence-corrected chi connectivity index (χ1v) is 22.3. The van der Waals surface area contributed by atoms with E-state index < -0.39 is 101 Å². The summed E-state index contributed by atoms with van der Waals surface area (Å²) in [5, 5.41) is 16.3. The number of rotatable bonds is 21. The average Bonchev–Trinajstić information content (AvgIpc) is 3.37. The predicted molar refractivity (Wildman–Crippen MR) is 252 cm³/mol. The number of hydrogen-bond donors (Lipinski definition) is 3. The molecule has 384 valence electrons. The largest absolute Gasteiger partial charge is 0.497 e. The van der Waals surface area contributed by atoms with Gasteiger partial charge in [0, 0.05) is 42.8 Å². The number of methoxy groups -OCH3 is 1. The molecule has 0 saturated carbocycles. The molecule has 0 aliphatic rings. The molecular formula is C52H49F5N4O12. The molecule has 1 heterocycles. The SMILES string of the molecule is COc1ccc2c(OCC[C@@H](C(=O)N[C@@H](COc3cccc(C[C@H](NC(=O)OCc4ccccc4)C(=O)Oc4c(F)c(F)c(F)c(F)c4F)c3)C(=O)O)N(OC(C)(C)C)C(C)=O)cc(-c3ccccc3)nc2c1. The van der Waals surface area contributed by atoms with Crippen LogP contribution >= 0.6 is 0 Å². The smallest absolute Gasteiger partial charge is 0.408 e. The lowest BCUT2D eigenvalue weighted by Crippen LogP contribution is -2.56. The minimum absolute atomic E-state index is 0.0556. The van der Waals surface area contributed by atoms with Gasteiger partial charge < -0.3 is 39.4 Å². The van der Waals surface area contributed by atoms with E-state index in [0.717, 1.165) is 10.6 Å². The number of esters is 1. The number of alkyl carbamates (subject to hydrolysis) is 1. The maximum absolute atomic E-state index is 14.6. The van der Waals surface area contributed by atoms with Crippen LogP contribution in [0.25, 0.3) is 22.2 Å². The van der Waals surface area contributed by atoms with Crippen LogP contribution in [-0.2, 0) is 41.8 Å². The molecule has 1 aromatic heterocycles. The first-order chi connectivity index (χ1) is 34.7. The van der Waals surface area contributed by atoms with Gasteiger partial charge in [0.05, 0.1) is 30.5 Å². The van der Waals surface area contributed by atoms with Gasteiger partial charge in [0.1, 0.15) is 42.5 Å². The van der Waals surface area contributed by atoms with Crippen LogP contribution in [0.5, 0.6) is 23.0 Å². The Morgan fingerprint density at radius 2 is 1.37 bits per heavy atom. The molecule has 0 bridgehead atoms. The minimum atomic E-state index is -2.50. The fraction of sp³-hybridized carbons (Fsp3) is 0.269. The van der Waals surface area contributed by atoms with E-state index in [1.54, 1.807) is 75.4 Å². The Balaban J connectivity index is 1.19. The standard InChI is InChI=1S/C52H49F5N4O12/c1-29(62)61(73-52(2,3)4)40(21-22-69-41-26-36(32-16-10-7-11-17-32)58-37-25-33(68-5)19-20-35(37)41)48(63)59-39(49(64)65)28-70-34-18-12-15-31(23-34)24-38(60-51(67)71-27-30-13-8-6-9-14-30)50(66)72-47-45(56)43(54)42(53)44(55)46(47)57/h6-20,23,25-26,38-40H,21-22,24,27-28H2,1-5H3,(H,59,63)(H,60,67)(H,64,65)/t38-,39-,40-/m0/s1. The summed E-state index contributed by atoms with van der Waals surface area (Å²) in [6.45, 7) is 4.89.